The number of hydrogen-bond donors (Lipinski definition) is 0. The van der Waals surface area contributed by atoms with Crippen LogP contribution in [-0.4, -0.2) is 12.6 Å². The highest BCUT2D eigenvalue weighted by atomic mass is 35.5. The first-order valence-electron chi connectivity index (χ1n) is 5.43. The van der Waals surface area contributed by atoms with E-state index in [2.05, 4.69) is 24.8 Å². The zero-order chi connectivity index (χ0) is 12.8. The number of benzene rings is 1. The molecule has 0 saturated heterocycles. The first-order valence-corrected chi connectivity index (χ1v) is 5.81. The average Bonchev–Trinajstić information content (AvgIpc) is 2.29. The van der Waals surface area contributed by atoms with E-state index in [4.69, 9.17) is 22.1 Å². The van der Waals surface area contributed by atoms with Gasteiger partial charge in [-0.2, -0.15) is 10.5 Å². The van der Waals surface area contributed by atoms with E-state index in [1.807, 2.05) is 12.1 Å². The fraction of sp³-hybridized carbons (Fsp3) is 0.385. The van der Waals surface area contributed by atoms with Crippen LogP contribution in [-0.2, 0) is 0 Å². The predicted octanol–water partition coefficient (Wildman–Crippen LogP) is 3.34. The molecule has 3 nitrogen and oxygen atoms in total. The second-order valence-corrected chi connectivity index (χ2v) is 4.38. The van der Waals surface area contributed by atoms with Gasteiger partial charge in [0.2, 0.25) is 0 Å². The van der Waals surface area contributed by atoms with Crippen LogP contribution >= 0.6 is 11.6 Å². The van der Waals surface area contributed by atoms with Crippen molar-refractivity contribution in [1.82, 2.24) is 0 Å². The van der Waals surface area contributed by atoms with E-state index in [1.165, 1.54) is 0 Å². The first kappa shape index (κ1) is 13.4. The molecule has 0 spiro atoms. The lowest BCUT2D eigenvalue weighted by Crippen LogP contribution is -2.31. The van der Waals surface area contributed by atoms with Crippen LogP contribution in [0.2, 0.25) is 5.02 Å². The highest BCUT2D eigenvalue weighted by Gasteiger charge is 2.11. The van der Waals surface area contributed by atoms with Gasteiger partial charge in [-0.1, -0.05) is 11.6 Å². The van der Waals surface area contributed by atoms with E-state index in [9.17, 15) is 0 Å². The maximum atomic E-state index is 8.81. The van der Waals surface area contributed by atoms with Gasteiger partial charge in [0, 0.05) is 18.3 Å². The quantitative estimate of drug-likeness (QED) is 0.820. The molecule has 88 valence electrons. The normalized spacial score (nSPS) is 9.76. The summed E-state index contributed by atoms with van der Waals surface area (Å²) >= 11 is 6.00. The molecule has 0 aromatic heterocycles. The lowest BCUT2D eigenvalue weighted by atomic mass is 10.1. The first-order chi connectivity index (χ1) is 8.10. The predicted molar refractivity (Wildman–Crippen MR) is 68.9 cm³/mol. The van der Waals surface area contributed by atoms with Crippen molar-refractivity contribution in [2.75, 3.05) is 11.4 Å². The van der Waals surface area contributed by atoms with Crippen molar-refractivity contribution in [3.63, 3.8) is 0 Å². The second kappa shape index (κ2) is 6.13. The van der Waals surface area contributed by atoms with E-state index >= 15 is 0 Å². The van der Waals surface area contributed by atoms with Gasteiger partial charge in [0.1, 0.15) is 6.07 Å². The van der Waals surface area contributed by atoms with E-state index in [0.717, 1.165) is 5.69 Å². The molecular weight excluding hydrogens is 234 g/mol. The minimum atomic E-state index is 0.285. The summed E-state index contributed by atoms with van der Waals surface area (Å²) in [5, 5.41) is 17.9. The molecule has 0 unspecified atom stereocenters. The Morgan fingerprint density at radius 2 is 2.06 bits per heavy atom. The molecule has 0 aliphatic carbocycles. The van der Waals surface area contributed by atoms with Gasteiger partial charge in [-0.05, 0) is 32.0 Å². The van der Waals surface area contributed by atoms with Gasteiger partial charge in [0.05, 0.1) is 23.1 Å². The fourth-order valence-corrected chi connectivity index (χ4v) is 1.85. The van der Waals surface area contributed by atoms with Gasteiger partial charge in [-0.15, -0.1) is 0 Å². The number of nitriles is 2. The minimum absolute atomic E-state index is 0.285. The molecule has 0 aliphatic rings. The van der Waals surface area contributed by atoms with Crippen LogP contribution in [0.1, 0.15) is 25.8 Å². The average molecular weight is 248 g/mol. The second-order valence-electron chi connectivity index (χ2n) is 3.97. The third-order valence-corrected chi connectivity index (χ3v) is 2.81. The van der Waals surface area contributed by atoms with Crippen LogP contribution in [0.3, 0.4) is 0 Å². The molecule has 0 aliphatic heterocycles. The SMILES string of the molecule is CC(C)N(CCC#N)c1ccc(C#N)c(Cl)c1. The molecule has 0 fully saturated rings. The summed E-state index contributed by atoms with van der Waals surface area (Å²) in [6.07, 6.45) is 0.468. The summed E-state index contributed by atoms with van der Waals surface area (Å²) in [4.78, 5) is 2.09. The molecule has 0 radical (unpaired) electrons. The van der Waals surface area contributed by atoms with Crippen molar-refractivity contribution >= 4 is 17.3 Å². The summed E-state index contributed by atoms with van der Waals surface area (Å²) in [5.74, 6) is 0. The van der Waals surface area contributed by atoms with Gasteiger partial charge in [-0.3, -0.25) is 0 Å². The van der Waals surface area contributed by atoms with Gasteiger partial charge in [0.25, 0.3) is 0 Å². The minimum Gasteiger partial charge on any atom is -0.368 e. The van der Waals surface area contributed by atoms with Gasteiger partial charge in [0.15, 0.2) is 0 Å². The molecule has 1 rings (SSSR count). The molecule has 17 heavy (non-hydrogen) atoms. The molecule has 0 amide bonds. The summed E-state index contributed by atoms with van der Waals surface area (Å²) in [6, 6.07) is 9.79. The van der Waals surface area contributed by atoms with Crippen molar-refractivity contribution < 1.29 is 0 Å². The molecular formula is C13H14ClN3. The van der Waals surface area contributed by atoms with E-state index in [1.54, 1.807) is 12.1 Å². The number of hydrogen-bond acceptors (Lipinski definition) is 3. The lowest BCUT2D eigenvalue weighted by Gasteiger charge is -2.28. The summed E-state index contributed by atoms with van der Waals surface area (Å²) in [7, 11) is 0. The maximum Gasteiger partial charge on any atom is 0.101 e. The Labute approximate surface area is 107 Å². The Bertz CT molecular complexity index is 469. The maximum absolute atomic E-state index is 8.81. The number of nitrogens with zero attached hydrogens (tertiary/aromatic N) is 3. The molecule has 0 atom stereocenters. The number of rotatable bonds is 4. The van der Waals surface area contributed by atoms with Crippen molar-refractivity contribution in [3.8, 4) is 12.1 Å². The standard InChI is InChI=1S/C13H14ClN3/c1-10(2)17(7-3-6-15)12-5-4-11(9-16)13(14)8-12/h4-5,8,10H,3,7H2,1-2H3. The third kappa shape index (κ3) is 3.37. The molecule has 0 N–H and O–H groups in total. The Morgan fingerprint density at radius 3 is 2.53 bits per heavy atom. The highest BCUT2D eigenvalue weighted by molar-refractivity contribution is 6.32. The molecule has 0 saturated carbocycles. The van der Waals surface area contributed by atoms with Crippen molar-refractivity contribution in [3.05, 3.63) is 28.8 Å². The van der Waals surface area contributed by atoms with Crippen molar-refractivity contribution in [1.29, 1.82) is 10.5 Å². The lowest BCUT2D eigenvalue weighted by molar-refractivity contribution is 0.687. The van der Waals surface area contributed by atoms with Crippen molar-refractivity contribution in [2.45, 2.75) is 26.3 Å². The van der Waals surface area contributed by atoms with Gasteiger partial charge in [-0.25, -0.2) is 0 Å². The monoisotopic (exact) mass is 247 g/mol. The van der Waals surface area contributed by atoms with Crippen LogP contribution < -0.4 is 4.90 Å². The van der Waals surface area contributed by atoms with E-state index in [-0.39, 0.29) is 6.04 Å². The summed E-state index contributed by atoms with van der Waals surface area (Å²) in [5.41, 5.74) is 1.42. The third-order valence-electron chi connectivity index (χ3n) is 2.49. The van der Waals surface area contributed by atoms with Crippen LogP contribution in [0, 0.1) is 22.7 Å². The van der Waals surface area contributed by atoms with Gasteiger partial charge < -0.3 is 4.90 Å². The molecule has 0 bridgehead atoms. The fourth-order valence-electron chi connectivity index (χ4n) is 1.63. The Kier molecular flexibility index (Phi) is 4.82. The van der Waals surface area contributed by atoms with Gasteiger partial charge >= 0.3 is 0 Å². The van der Waals surface area contributed by atoms with Crippen LogP contribution in [0.5, 0.6) is 0 Å². The summed E-state index contributed by atoms with van der Waals surface area (Å²) < 4.78 is 0. The number of anilines is 1. The molecule has 1 aromatic carbocycles. The molecule has 1 aromatic rings. The van der Waals surface area contributed by atoms with Crippen molar-refractivity contribution in [2.24, 2.45) is 0 Å². The Balaban J connectivity index is 3.00. The smallest absolute Gasteiger partial charge is 0.101 e. The van der Waals surface area contributed by atoms with Crippen LogP contribution in [0.4, 0.5) is 5.69 Å². The zero-order valence-electron chi connectivity index (χ0n) is 9.94. The largest absolute Gasteiger partial charge is 0.368 e. The highest BCUT2D eigenvalue weighted by Crippen LogP contribution is 2.24. The Hall–Kier alpha value is -1.71. The van der Waals surface area contributed by atoms with E-state index in [0.29, 0.717) is 23.6 Å². The van der Waals surface area contributed by atoms with E-state index < -0.39 is 0 Å². The van der Waals surface area contributed by atoms with Crippen LogP contribution in [0.15, 0.2) is 18.2 Å². The van der Waals surface area contributed by atoms with Crippen LogP contribution in [0.25, 0.3) is 0 Å². The zero-order valence-corrected chi connectivity index (χ0v) is 10.7. The topological polar surface area (TPSA) is 50.8 Å². The number of halogens is 1. The molecule has 0 heterocycles. The summed E-state index contributed by atoms with van der Waals surface area (Å²) in [6.45, 7) is 4.78. The Morgan fingerprint density at radius 1 is 1.35 bits per heavy atom. The molecule has 4 heteroatoms.